The topological polar surface area (TPSA) is 645 Å². The van der Waals surface area contributed by atoms with Crippen molar-refractivity contribution in [1.29, 1.82) is 0 Å². The average Bonchev–Trinajstić information content (AvgIpc) is 1.16. The van der Waals surface area contributed by atoms with E-state index in [1.165, 1.54) is 0 Å². The van der Waals surface area contributed by atoms with E-state index >= 15 is 0 Å². The van der Waals surface area contributed by atoms with Gasteiger partial charge in [-0.2, -0.15) is 0 Å². The summed E-state index contributed by atoms with van der Waals surface area (Å²) in [6.07, 6.45) is 0. The minimum Gasteiger partial charge on any atom is -0.396 e. The molecule has 0 amide bonds. The number of hydrogen-bond donors (Lipinski definition) is 13. The molecular weight excluding hydrogens is 1580 g/mol. The monoisotopic (exact) mass is 1660 g/mol. The van der Waals surface area contributed by atoms with Gasteiger partial charge in [0.15, 0.2) is 0 Å². The van der Waals surface area contributed by atoms with Gasteiger partial charge in [0.25, 0.3) is 0 Å². The summed E-state index contributed by atoms with van der Waals surface area (Å²) >= 11 is 0. The average molecular weight is 1660 g/mol. The van der Waals surface area contributed by atoms with Crippen LogP contribution >= 0.6 is 86.0 Å². The van der Waals surface area contributed by atoms with Gasteiger partial charge in [-0.15, -0.1) is 0 Å². The Labute approximate surface area is 541 Å². The number of rotatable bonds is 65. The van der Waals surface area contributed by atoms with Crippen LogP contribution in [-0.4, -0.2) is 249 Å². The molecule has 0 radical (unpaired) electrons. The lowest BCUT2D eigenvalue weighted by atomic mass is 10.2. The van der Waals surface area contributed by atoms with Crippen LogP contribution in [0.1, 0.15) is 0 Å². The van der Waals surface area contributed by atoms with Gasteiger partial charge in [0.05, 0.1) is 185 Å². The molecule has 0 aliphatic heterocycles. The lowest BCUT2D eigenvalue weighted by Gasteiger charge is -2.20. The standard InChI is InChI=1S/C34H75F6O45P11/c35-11-29(17-41)18-76-87(45,46)65-1-2-67-89(49,50)78-21-31(13-37)22-80-91(53,54)69-5-6-71-93(57,58)82-25-33(15-39)26-84-95(61,62)73-9-10-74-96(63,64)85-28-34(16-40)27-83-94(59,60)72-8-7-70-92(55,56)81-24-32(14-38)23-79-90(51,52)68-4-3-66-88(47,48)77-20-30(12-36)19-75-86(42,43)44/h29-34,41H,1-28H2,(H,45,46)(H,47,48)(H,49,50)(H,51,52)(H,53,54)(H,55,56)(H,57,58)(H,59,60)(H,61,62)(H,63,64)(H2,42,43,44). The molecule has 0 saturated heterocycles. The summed E-state index contributed by atoms with van der Waals surface area (Å²) in [4.78, 5) is 115. The Bertz CT molecular complexity index is 2730. The number of hydrogen-bond acceptors (Lipinski definition) is 33. The zero-order valence-electron chi connectivity index (χ0n) is 49.3. The first kappa shape index (κ1) is 96.8. The Morgan fingerprint density at radius 1 is 0.198 bits per heavy atom. The molecule has 13 N–H and O–H groups in total. The van der Waals surface area contributed by atoms with Crippen LogP contribution < -0.4 is 0 Å². The van der Waals surface area contributed by atoms with Crippen molar-refractivity contribution in [1.82, 2.24) is 0 Å². The minimum absolute atomic E-state index is 0.718. The molecular formula is C34H75F6O45P11. The highest BCUT2D eigenvalue weighted by Crippen LogP contribution is 2.52. The van der Waals surface area contributed by atoms with Gasteiger partial charge in [0, 0.05) is 35.5 Å². The van der Waals surface area contributed by atoms with E-state index in [1.54, 1.807) is 0 Å². The van der Waals surface area contributed by atoms with E-state index in [2.05, 4.69) is 95.0 Å². The molecule has 16 unspecified atom stereocenters. The molecule has 578 valence electrons. The molecule has 0 heterocycles. The molecule has 0 aromatic carbocycles. The second-order valence-electron chi connectivity index (χ2n) is 18.1. The van der Waals surface area contributed by atoms with Gasteiger partial charge < -0.3 is 63.8 Å². The second kappa shape index (κ2) is 48.1. The van der Waals surface area contributed by atoms with E-state index in [9.17, 15) is 125 Å². The first-order valence-corrected chi connectivity index (χ1v) is 42.6. The fraction of sp³-hybridized carbons (Fsp3) is 1.00. The van der Waals surface area contributed by atoms with Crippen molar-refractivity contribution in [3.63, 3.8) is 0 Å². The van der Waals surface area contributed by atoms with Crippen molar-refractivity contribution in [3.8, 4) is 0 Å². The third-order valence-electron chi connectivity index (χ3n) is 9.74. The summed E-state index contributed by atoms with van der Waals surface area (Å²) in [7, 11) is -55.9. The van der Waals surface area contributed by atoms with Crippen LogP contribution in [0.15, 0.2) is 0 Å². The van der Waals surface area contributed by atoms with E-state index in [1.807, 2.05) is 0 Å². The number of phosphoric acid groups is 11. The molecule has 96 heavy (non-hydrogen) atoms. The van der Waals surface area contributed by atoms with Gasteiger partial charge in [0.2, 0.25) is 0 Å². The SMILES string of the molecule is O=P(O)(O)OCC(CF)COP(=O)(O)OCCOP(=O)(O)OCC(CF)COP(=O)(O)OCCOP(=O)(O)OCC(CF)COP(=O)(O)OCCOP(=O)(O)OCC(CF)COP(=O)(O)OCCOP(=O)(O)OCC(CF)COP(=O)(O)OCCOP(=O)(O)OCC(CO)CF. The van der Waals surface area contributed by atoms with Crippen LogP contribution in [0.4, 0.5) is 26.3 Å². The molecule has 0 spiro atoms. The van der Waals surface area contributed by atoms with Crippen molar-refractivity contribution < 1.29 is 235 Å². The van der Waals surface area contributed by atoms with Crippen molar-refractivity contribution >= 4 is 86.0 Å². The van der Waals surface area contributed by atoms with E-state index < -0.39 is 307 Å². The number of aliphatic hydroxyl groups excluding tert-OH is 1. The van der Waals surface area contributed by atoms with Gasteiger partial charge in [-0.1, -0.05) is 0 Å². The lowest BCUT2D eigenvalue weighted by molar-refractivity contribution is 0.0579. The van der Waals surface area contributed by atoms with Crippen molar-refractivity contribution in [2.24, 2.45) is 35.5 Å². The van der Waals surface area contributed by atoms with E-state index in [-0.39, 0.29) is 0 Å². The molecule has 0 bridgehead atoms. The summed E-state index contributed by atoms with van der Waals surface area (Å²) in [5, 5.41) is 8.87. The van der Waals surface area contributed by atoms with Crippen molar-refractivity contribution in [2.45, 2.75) is 0 Å². The zero-order valence-corrected chi connectivity index (χ0v) is 59.2. The predicted octanol–water partition coefficient (Wildman–Crippen LogP) is 3.94. The Hall–Kier alpha value is 0.750. The molecule has 0 fully saturated rings. The summed E-state index contributed by atoms with van der Waals surface area (Å²) < 4.78 is 306. The summed E-state index contributed by atoms with van der Waals surface area (Å²) in [5.74, 6) is -8.90. The Kier molecular flexibility index (Phi) is 48.4. The molecule has 0 aromatic heterocycles. The van der Waals surface area contributed by atoms with Crippen LogP contribution in [-0.2, 0) is 145 Å². The third kappa shape index (κ3) is 52.7. The summed E-state index contributed by atoms with van der Waals surface area (Å²) in [5.41, 5.74) is 0. The lowest BCUT2D eigenvalue weighted by Crippen LogP contribution is -2.19. The Morgan fingerprint density at radius 3 is 0.417 bits per heavy atom. The highest BCUT2D eigenvalue weighted by atomic mass is 31.2. The van der Waals surface area contributed by atoms with Gasteiger partial charge >= 0.3 is 86.0 Å². The molecule has 16 atom stereocenters. The van der Waals surface area contributed by atoms with Crippen molar-refractivity contribution in [3.05, 3.63) is 0 Å². The molecule has 0 aromatic rings. The molecule has 0 aliphatic carbocycles. The summed E-state index contributed by atoms with van der Waals surface area (Å²) in [6.45, 7) is -29.7. The highest BCUT2D eigenvalue weighted by Gasteiger charge is 2.35. The highest BCUT2D eigenvalue weighted by molar-refractivity contribution is 7.50. The normalized spacial score (nSPS) is 20.8. The van der Waals surface area contributed by atoms with Crippen LogP contribution in [0.25, 0.3) is 0 Å². The van der Waals surface area contributed by atoms with Crippen LogP contribution in [0.5, 0.6) is 0 Å². The van der Waals surface area contributed by atoms with Crippen LogP contribution in [0, 0.1) is 35.5 Å². The second-order valence-corrected chi connectivity index (χ2v) is 33.8. The number of halogens is 6. The smallest absolute Gasteiger partial charge is 0.396 e. The Balaban J connectivity index is 4.64. The molecule has 45 nitrogen and oxygen atoms in total. The van der Waals surface area contributed by atoms with Gasteiger partial charge in [0.1, 0.15) is 0 Å². The van der Waals surface area contributed by atoms with Gasteiger partial charge in [-0.25, -0.2) is 50.2 Å². The van der Waals surface area contributed by atoms with Gasteiger partial charge in [-0.05, 0) is 0 Å². The van der Waals surface area contributed by atoms with Gasteiger partial charge in [-0.3, -0.25) is 121 Å². The maximum Gasteiger partial charge on any atom is 0.472 e. The maximum atomic E-state index is 13.6. The van der Waals surface area contributed by atoms with E-state index in [0.717, 1.165) is 0 Å². The molecule has 0 rings (SSSR count). The predicted molar refractivity (Wildman–Crippen MR) is 299 cm³/mol. The first-order valence-electron chi connectivity index (χ1n) is 26.1. The quantitative estimate of drug-likeness (QED) is 0.0233. The molecule has 0 saturated carbocycles. The summed E-state index contributed by atoms with van der Waals surface area (Å²) in [6, 6.07) is 0. The Morgan fingerprint density at radius 2 is 0.312 bits per heavy atom. The van der Waals surface area contributed by atoms with E-state index in [0.29, 0.717) is 0 Å². The fourth-order valence-electron chi connectivity index (χ4n) is 4.93. The third-order valence-corrected chi connectivity index (χ3v) is 20.1. The van der Waals surface area contributed by atoms with Crippen LogP contribution in [0.2, 0.25) is 0 Å². The van der Waals surface area contributed by atoms with Crippen LogP contribution in [0.3, 0.4) is 0 Å². The number of aliphatic hydroxyl groups is 1. The number of alkyl halides is 6. The largest absolute Gasteiger partial charge is 0.472 e. The molecule has 62 heteroatoms. The number of phosphoric ester groups is 11. The fourth-order valence-corrected chi connectivity index (χ4v) is 13.1. The minimum atomic E-state index is -5.18. The zero-order chi connectivity index (χ0) is 73.6. The molecule has 0 aliphatic rings. The maximum absolute atomic E-state index is 13.6. The van der Waals surface area contributed by atoms with Crippen molar-refractivity contribution in [2.75, 3.05) is 185 Å². The van der Waals surface area contributed by atoms with E-state index in [4.69, 9.17) is 14.9 Å². The first-order chi connectivity index (χ1) is 44.2.